The van der Waals surface area contributed by atoms with Crippen molar-refractivity contribution in [2.24, 2.45) is 0 Å². The van der Waals surface area contributed by atoms with Crippen LogP contribution >= 0.6 is 11.6 Å². The van der Waals surface area contributed by atoms with Gasteiger partial charge in [0.1, 0.15) is 29.7 Å². The molecule has 6 heteroatoms. The largest absolute Gasteiger partial charge is 0.457 e. The van der Waals surface area contributed by atoms with E-state index in [-0.39, 0.29) is 5.78 Å². The minimum absolute atomic E-state index is 0.0500. The van der Waals surface area contributed by atoms with Crippen LogP contribution in [-0.2, 0) is 5.54 Å². The second kappa shape index (κ2) is 6.45. The standard InChI is InChI=1S/C18H16ClN3O2/c1-18(2,22-12-20-11-21-22)17(23)13-3-7-15(8-4-13)24-16-9-5-14(19)6-10-16/h3-12H,1-2H3. The molecule has 122 valence electrons. The van der Waals surface area contributed by atoms with Gasteiger partial charge in [-0.15, -0.1) is 0 Å². The lowest BCUT2D eigenvalue weighted by molar-refractivity contribution is 0.0833. The van der Waals surface area contributed by atoms with Gasteiger partial charge in [0, 0.05) is 10.6 Å². The van der Waals surface area contributed by atoms with Crippen molar-refractivity contribution < 1.29 is 9.53 Å². The fourth-order valence-corrected chi connectivity index (χ4v) is 2.39. The fourth-order valence-electron chi connectivity index (χ4n) is 2.27. The van der Waals surface area contributed by atoms with Gasteiger partial charge in [-0.05, 0) is 62.4 Å². The molecule has 1 heterocycles. The molecule has 0 amide bonds. The van der Waals surface area contributed by atoms with Crippen LogP contribution in [0.3, 0.4) is 0 Å². The van der Waals surface area contributed by atoms with E-state index >= 15 is 0 Å². The molecule has 0 atom stereocenters. The molecule has 0 spiro atoms. The quantitative estimate of drug-likeness (QED) is 0.648. The predicted molar refractivity (Wildman–Crippen MR) is 91.6 cm³/mol. The summed E-state index contributed by atoms with van der Waals surface area (Å²) in [5.41, 5.74) is -0.228. The number of aromatic nitrogens is 3. The molecule has 0 fully saturated rings. The van der Waals surface area contributed by atoms with Gasteiger partial charge in [-0.25, -0.2) is 9.67 Å². The smallest absolute Gasteiger partial charge is 0.189 e. The Morgan fingerprint density at radius 2 is 1.62 bits per heavy atom. The second-order valence-corrected chi connectivity index (χ2v) is 6.24. The number of carbonyl (C=O) groups is 1. The molecular formula is C18H16ClN3O2. The first-order valence-corrected chi connectivity index (χ1v) is 7.78. The molecule has 0 aliphatic carbocycles. The average Bonchev–Trinajstić information content (AvgIpc) is 3.12. The lowest BCUT2D eigenvalue weighted by atomic mass is 9.93. The van der Waals surface area contributed by atoms with Crippen molar-refractivity contribution in [3.05, 3.63) is 71.8 Å². The van der Waals surface area contributed by atoms with Crippen molar-refractivity contribution >= 4 is 17.4 Å². The highest BCUT2D eigenvalue weighted by molar-refractivity contribution is 6.30. The topological polar surface area (TPSA) is 57.0 Å². The number of ether oxygens (including phenoxy) is 1. The number of rotatable bonds is 5. The third-order valence-electron chi connectivity index (χ3n) is 3.71. The molecule has 0 aliphatic heterocycles. The molecule has 0 saturated carbocycles. The Bertz CT molecular complexity index is 826. The van der Waals surface area contributed by atoms with Crippen LogP contribution in [0.25, 0.3) is 0 Å². The predicted octanol–water partition coefficient (Wildman–Crippen LogP) is 4.34. The molecule has 1 aromatic heterocycles. The van der Waals surface area contributed by atoms with E-state index in [0.717, 1.165) is 0 Å². The summed E-state index contributed by atoms with van der Waals surface area (Å²) in [5.74, 6) is 1.28. The van der Waals surface area contributed by atoms with Gasteiger partial charge in [0.05, 0.1) is 0 Å². The van der Waals surface area contributed by atoms with E-state index in [1.165, 1.54) is 12.7 Å². The van der Waals surface area contributed by atoms with Crippen molar-refractivity contribution in [3.63, 3.8) is 0 Å². The van der Waals surface area contributed by atoms with Crippen molar-refractivity contribution in [1.82, 2.24) is 14.8 Å². The first-order valence-electron chi connectivity index (χ1n) is 7.40. The van der Waals surface area contributed by atoms with Crippen LogP contribution in [0.5, 0.6) is 11.5 Å². The highest BCUT2D eigenvalue weighted by Crippen LogP contribution is 2.25. The van der Waals surface area contributed by atoms with Gasteiger partial charge in [0.25, 0.3) is 0 Å². The van der Waals surface area contributed by atoms with Crippen molar-refractivity contribution in [2.75, 3.05) is 0 Å². The number of hydrogen-bond acceptors (Lipinski definition) is 4. The summed E-state index contributed by atoms with van der Waals surface area (Å²) >= 11 is 5.85. The first kappa shape index (κ1) is 16.2. The summed E-state index contributed by atoms with van der Waals surface area (Å²) in [5, 5.41) is 4.72. The van der Waals surface area contributed by atoms with Crippen LogP contribution in [0.4, 0.5) is 0 Å². The Morgan fingerprint density at radius 1 is 1.04 bits per heavy atom. The van der Waals surface area contributed by atoms with Crippen molar-refractivity contribution in [1.29, 1.82) is 0 Å². The molecular weight excluding hydrogens is 326 g/mol. The van der Waals surface area contributed by atoms with Crippen molar-refractivity contribution in [2.45, 2.75) is 19.4 Å². The summed E-state index contributed by atoms with van der Waals surface area (Å²) < 4.78 is 7.28. The van der Waals surface area contributed by atoms with Gasteiger partial charge in [-0.2, -0.15) is 5.10 Å². The molecule has 0 radical (unpaired) electrons. The summed E-state index contributed by atoms with van der Waals surface area (Å²) in [6, 6.07) is 14.1. The van der Waals surface area contributed by atoms with E-state index in [4.69, 9.17) is 16.3 Å². The number of nitrogens with zero attached hydrogens (tertiary/aromatic N) is 3. The first-order chi connectivity index (χ1) is 11.5. The minimum atomic E-state index is -0.810. The maximum atomic E-state index is 12.7. The SMILES string of the molecule is CC(C)(C(=O)c1ccc(Oc2ccc(Cl)cc2)cc1)n1cncn1. The van der Waals surface area contributed by atoms with Crippen LogP contribution in [-0.4, -0.2) is 20.5 Å². The Labute approximate surface area is 144 Å². The highest BCUT2D eigenvalue weighted by atomic mass is 35.5. The van der Waals surface area contributed by atoms with Crippen LogP contribution in [0.2, 0.25) is 5.02 Å². The number of halogens is 1. The third-order valence-corrected chi connectivity index (χ3v) is 3.96. The highest BCUT2D eigenvalue weighted by Gasteiger charge is 2.31. The minimum Gasteiger partial charge on any atom is -0.457 e. The zero-order chi connectivity index (χ0) is 17.2. The molecule has 3 aromatic rings. The van der Waals surface area contributed by atoms with E-state index in [2.05, 4.69) is 10.1 Å². The van der Waals surface area contributed by atoms with Gasteiger partial charge >= 0.3 is 0 Å². The molecule has 2 aromatic carbocycles. The molecule has 24 heavy (non-hydrogen) atoms. The number of ketones is 1. The molecule has 0 unspecified atom stereocenters. The average molecular weight is 342 g/mol. The zero-order valence-electron chi connectivity index (χ0n) is 13.3. The van der Waals surface area contributed by atoms with E-state index in [0.29, 0.717) is 22.1 Å². The van der Waals surface area contributed by atoms with Crippen LogP contribution in [0.15, 0.2) is 61.2 Å². The molecule has 0 N–H and O–H groups in total. The lowest BCUT2D eigenvalue weighted by Crippen LogP contribution is -2.36. The van der Waals surface area contributed by atoms with Crippen LogP contribution in [0, 0.1) is 0 Å². The van der Waals surface area contributed by atoms with E-state index in [1.807, 2.05) is 13.8 Å². The van der Waals surface area contributed by atoms with Gasteiger partial charge in [0.15, 0.2) is 5.78 Å². The second-order valence-electron chi connectivity index (χ2n) is 5.81. The number of hydrogen-bond donors (Lipinski definition) is 0. The Hall–Kier alpha value is -2.66. The monoisotopic (exact) mass is 341 g/mol. The van der Waals surface area contributed by atoms with E-state index in [1.54, 1.807) is 53.2 Å². The number of benzene rings is 2. The summed E-state index contributed by atoms with van der Waals surface area (Å²) in [4.78, 5) is 16.6. The van der Waals surface area contributed by atoms with Gasteiger partial charge < -0.3 is 4.74 Å². The molecule has 3 rings (SSSR count). The molecule has 0 aliphatic rings. The fraction of sp³-hybridized carbons (Fsp3) is 0.167. The normalized spacial score (nSPS) is 11.3. The molecule has 0 bridgehead atoms. The molecule has 0 saturated heterocycles. The van der Waals surface area contributed by atoms with Crippen LogP contribution in [0.1, 0.15) is 24.2 Å². The maximum absolute atomic E-state index is 12.7. The molecule has 5 nitrogen and oxygen atoms in total. The summed E-state index contributed by atoms with van der Waals surface area (Å²) in [6.07, 6.45) is 2.95. The van der Waals surface area contributed by atoms with Crippen molar-refractivity contribution in [3.8, 4) is 11.5 Å². The Kier molecular flexibility index (Phi) is 4.36. The van der Waals surface area contributed by atoms with E-state index in [9.17, 15) is 4.79 Å². The Balaban J connectivity index is 1.76. The lowest BCUT2D eigenvalue weighted by Gasteiger charge is -2.23. The number of carbonyl (C=O) groups excluding carboxylic acids is 1. The van der Waals surface area contributed by atoms with Gasteiger partial charge in [-0.1, -0.05) is 11.6 Å². The Morgan fingerprint density at radius 3 is 2.17 bits per heavy atom. The zero-order valence-corrected chi connectivity index (χ0v) is 14.1. The third kappa shape index (κ3) is 3.31. The van der Waals surface area contributed by atoms with Crippen LogP contribution < -0.4 is 4.74 Å². The maximum Gasteiger partial charge on any atom is 0.189 e. The number of Topliss-reactive ketones (excluding diaryl/α,β-unsaturated/α-hetero) is 1. The van der Waals surface area contributed by atoms with Gasteiger partial charge in [-0.3, -0.25) is 4.79 Å². The van der Waals surface area contributed by atoms with Gasteiger partial charge in [0.2, 0.25) is 0 Å². The summed E-state index contributed by atoms with van der Waals surface area (Å²) in [7, 11) is 0. The van der Waals surface area contributed by atoms with E-state index < -0.39 is 5.54 Å². The summed E-state index contributed by atoms with van der Waals surface area (Å²) in [6.45, 7) is 3.62.